The maximum Gasteiger partial charge on any atom is 0.408 e. The second kappa shape index (κ2) is 7.98. The number of hydrogen-bond donors (Lipinski definition) is 2. The van der Waals surface area contributed by atoms with Crippen molar-refractivity contribution < 1.29 is 22.7 Å². The van der Waals surface area contributed by atoms with Crippen LogP contribution in [0.5, 0.6) is 0 Å². The number of ether oxygens (including phenoxy) is 1. The third-order valence-electron chi connectivity index (χ3n) is 4.55. The van der Waals surface area contributed by atoms with E-state index >= 15 is 0 Å². The number of para-hydroxylation sites is 1. The van der Waals surface area contributed by atoms with Gasteiger partial charge in [0.15, 0.2) is 0 Å². The molecule has 1 atom stereocenters. The Morgan fingerprint density at radius 2 is 1.83 bits per heavy atom. The minimum Gasteiger partial charge on any atom is -0.444 e. The highest BCUT2D eigenvalue weighted by molar-refractivity contribution is 7.92. The zero-order valence-corrected chi connectivity index (χ0v) is 18.1. The number of rotatable bonds is 5. The average molecular weight is 432 g/mol. The summed E-state index contributed by atoms with van der Waals surface area (Å²) in [5, 5.41) is 5.29. The molecule has 3 rings (SSSR count). The van der Waals surface area contributed by atoms with Crippen LogP contribution in [0.4, 0.5) is 16.2 Å². The second-order valence-electron chi connectivity index (χ2n) is 8.05. The molecule has 0 spiro atoms. The Balaban J connectivity index is 2.03. The fourth-order valence-corrected chi connectivity index (χ4v) is 4.81. The summed E-state index contributed by atoms with van der Waals surface area (Å²) in [6.07, 6.45) is -0.164. The monoisotopic (exact) mass is 431 g/mol. The van der Waals surface area contributed by atoms with Crippen molar-refractivity contribution in [3.05, 3.63) is 53.6 Å². The molecule has 2 N–H and O–H groups in total. The van der Waals surface area contributed by atoms with Crippen molar-refractivity contribution in [2.75, 3.05) is 16.2 Å². The average Bonchev–Trinajstić information content (AvgIpc) is 3.01. The molecule has 1 aliphatic heterocycles. The van der Waals surface area contributed by atoms with Crippen molar-refractivity contribution in [1.82, 2.24) is 5.32 Å². The van der Waals surface area contributed by atoms with Crippen molar-refractivity contribution in [3.8, 4) is 0 Å². The number of nitrogens with one attached hydrogen (secondary N) is 2. The van der Waals surface area contributed by atoms with Crippen molar-refractivity contribution in [1.29, 1.82) is 0 Å². The Bertz CT molecular complexity index is 1060. The zero-order valence-electron chi connectivity index (χ0n) is 17.3. The van der Waals surface area contributed by atoms with E-state index in [0.29, 0.717) is 23.3 Å². The maximum absolute atomic E-state index is 13.4. The molecule has 2 aromatic rings. The summed E-state index contributed by atoms with van der Waals surface area (Å²) in [5.41, 5.74) is 1.48. The molecule has 0 aromatic heterocycles. The van der Waals surface area contributed by atoms with Gasteiger partial charge in [0.2, 0.25) is 6.41 Å². The summed E-state index contributed by atoms with van der Waals surface area (Å²) in [5.74, 6) is 0. The van der Waals surface area contributed by atoms with Gasteiger partial charge in [-0.25, -0.2) is 13.2 Å². The van der Waals surface area contributed by atoms with Crippen molar-refractivity contribution in [3.63, 3.8) is 0 Å². The van der Waals surface area contributed by atoms with Crippen LogP contribution in [0.2, 0.25) is 0 Å². The molecular formula is C21H25N3O5S. The smallest absolute Gasteiger partial charge is 0.408 e. The van der Waals surface area contributed by atoms with Gasteiger partial charge < -0.3 is 15.4 Å². The number of hydrogen-bond acceptors (Lipinski definition) is 5. The summed E-state index contributed by atoms with van der Waals surface area (Å²) >= 11 is 0. The van der Waals surface area contributed by atoms with Crippen LogP contribution in [0, 0.1) is 6.92 Å². The highest BCUT2D eigenvalue weighted by Gasteiger charge is 2.39. The zero-order chi connectivity index (χ0) is 22.1. The van der Waals surface area contributed by atoms with Gasteiger partial charge in [-0.1, -0.05) is 29.8 Å². The SMILES string of the molecule is Cc1ccc(S(=O)(=O)N2CC(NC(=O)OC(C)(C)C)c3cccc(NC=O)c32)cc1. The number of benzene rings is 2. The van der Waals surface area contributed by atoms with Gasteiger partial charge in [-0.2, -0.15) is 0 Å². The van der Waals surface area contributed by atoms with E-state index in [1.807, 2.05) is 6.92 Å². The van der Waals surface area contributed by atoms with Crippen LogP contribution in [0.3, 0.4) is 0 Å². The lowest BCUT2D eigenvalue weighted by Gasteiger charge is -2.23. The fourth-order valence-electron chi connectivity index (χ4n) is 3.29. The van der Waals surface area contributed by atoms with Gasteiger partial charge in [-0.15, -0.1) is 0 Å². The van der Waals surface area contributed by atoms with Crippen LogP contribution in [0.1, 0.15) is 37.9 Å². The summed E-state index contributed by atoms with van der Waals surface area (Å²) < 4.78 is 33.3. The van der Waals surface area contributed by atoms with E-state index < -0.39 is 27.8 Å². The van der Waals surface area contributed by atoms with E-state index in [1.54, 1.807) is 51.1 Å². The number of amides is 2. The highest BCUT2D eigenvalue weighted by atomic mass is 32.2. The van der Waals surface area contributed by atoms with Gasteiger partial charge >= 0.3 is 6.09 Å². The topological polar surface area (TPSA) is 105 Å². The maximum atomic E-state index is 13.4. The van der Waals surface area contributed by atoms with E-state index in [-0.39, 0.29) is 11.4 Å². The molecule has 0 saturated carbocycles. The van der Waals surface area contributed by atoms with Gasteiger partial charge in [0.25, 0.3) is 10.0 Å². The van der Waals surface area contributed by atoms with E-state index in [2.05, 4.69) is 10.6 Å². The first-order chi connectivity index (χ1) is 14.0. The van der Waals surface area contributed by atoms with Gasteiger partial charge in [-0.05, 0) is 45.9 Å². The van der Waals surface area contributed by atoms with Gasteiger partial charge in [0.05, 0.1) is 28.9 Å². The number of carbonyl (C=O) groups excluding carboxylic acids is 2. The minimum absolute atomic E-state index is 0.0255. The lowest BCUT2D eigenvalue weighted by Crippen LogP contribution is -2.38. The molecule has 1 unspecified atom stereocenters. The molecule has 0 radical (unpaired) electrons. The molecule has 0 aliphatic carbocycles. The molecule has 0 bridgehead atoms. The molecule has 8 nitrogen and oxygen atoms in total. The van der Waals surface area contributed by atoms with Crippen LogP contribution >= 0.6 is 0 Å². The molecule has 0 fully saturated rings. The van der Waals surface area contributed by atoms with Crippen LogP contribution in [-0.2, 0) is 19.6 Å². The predicted molar refractivity (Wildman–Crippen MR) is 114 cm³/mol. The Morgan fingerprint density at radius 3 is 2.43 bits per heavy atom. The van der Waals surface area contributed by atoms with E-state index in [0.717, 1.165) is 5.56 Å². The standard InChI is InChI=1S/C21H25N3O5S/c1-14-8-10-15(11-9-14)30(27,28)24-12-18(23-20(26)29-21(2,3)4)16-6-5-7-17(19(16)24)22-13-25/h5-11,13,18H,12H2,1-4H3,(H,22,25)(H,23,26). The van der Waals surface area contributed by atoms with Gasteiger partial charge in [0.1, 0.15) is 5.60 Å². The molecule has 1 aliphatic rings. The second-order valence-corrected chi connectivity index (χ2v) is 9.92. The number of alkyl carbamates (subject to hydrolysis) is 1. The molecule has 2 amide bonds. The number of nitrogens with zero attached hydrogens (tertiary/aromatic N) is 1. The molecular weight excluding hydrogens is 406 g/mol. The summed E-state index contributed by atoms with van der Waals surface area (Å²) in [7, 11) is -3.93. The van der Waals surface area contributed by atoms with Crippen molar-refractivity contribution in [2.24, 2.45) is 0 Å². The first-order valence-electron chi connectivity index (χ1n) is 9.45. The molecule has 30 heavy (non-hydrogen) atoms. The largest absolute Gasteiger partial charge is 0.444 e. The number of carbonyl (C=O) groups is 2. The van der Waals surface area contributed by atoms with E-state index in [1.165, 1.54) is 16.4 Å². The Labute approximate surface area is 176 Å². The molecule has 1 heterocycles. The van der Waals surface area contributed by atoms with Crippen LogP contribution in [-0.4, -0.2) is 33.1 Å². The quantitative estimate of drug-likeness (QED) is 0.707. The van der Waals surface area contributed by atoms with Gasteiger partial charge in [0, 0.05) is 5.56 Å². The molecule has 160 valence electrons. The molecule has 9 heteroatoms. The number of aryl methyl sites for hydroxylation is 1. The first kappa shape index (κ1) is 21.6. The summed E-state index contributed by atoms with van der Waals surface area (Å²) in [6, 6.07) is 10.9. The Hall–Kier alpha value is -3.07. The summed E-state index contributed by atoms with van der Waals surface area (Å²) in [6.45, 7) is 7.08. The van der Waals surface area contributed by atoms with E-state index in [9.17, 15) is 18.0 Å². The fraction of sp³-hybridized carbons (Fsp3) is 0.333. The lowest BCUT2D eigenvalue weighted by molar-refractivity contribution is -0.105. The highest BCUT2D eigenvalue weighted by Crippen LogP contribution is 2.43. The van der Waals surface area contributed by atoms with Crippen LogP contribution in [0.15, 0.2) is 47.4 Å². The Kier molecular flexibility index (Phi) is 5.76. The molecule has 0 saturated heterocycles. The number of sulfonamides is 1. The number of fused-ring (bicyclic) bond motifs is 1. The molecule has 2 aromatic carbocycles. The Morgan fingerprint density at radius 1 is 1.17 bits per heavy atom. The lowest BCUT2D eigenvalue weighted by atomic mass is 10.1. The summed E-state index contributed by atoms with van der Waals surface area (Å²) in [4.78, 5) is 23.5. The minimum atomic E-state index is -3.93. The van der Waals surface area contributed by atoms with Gasteiger partial charge in [-0.3, -0.25) is 9.10 Å². The van der Waals surface area contributed by atoms with Crippen molar-refractivity contribution in [2.45, 2.75) is 44.2 Å². The third kappa shape index (κ3) is 4.40. The van der Waals surface area contributed by atoms with Crippen LogP contribution < -0.4 is 14.9 Å². The normalized spacial score (nSPS) is 16.0. The van der Waals surface area contributed by atoms with E-state index in [4.69, 9.17) is 4.74 Å². The van der Waals surface area contributed by atoms with Crippen LogP contribution in [0.25, 0.3) is 0 Å². The number of anilines is 2. The predicted octanol–water partition coefficient (Wildman–Crippen LogP) is 3.34. The van der Waals surface area contributed by atoms with Crippen molar-refractivity contribution >= 4 is 33.9 Å². The first-order valence-corrected chi connectivity index (χ1v) is 10.9. The third-order valence-corrected chi connectivity index (χ3v) is 6.33.